The van der Waals surface area contributed by atoms with Gasteiger partial charge in [0.1, 0.15) is 18.0 Å². The summed E-state index contributed by atoms with van der Waals surface area (Å²) in [5, 5.41) is 8.45. The summed E-state index contributed by atoms with van der Waals surface area (Å²) in [4.78, 5) is 22.7. The molecule has 166 valence electrons. The lowest BCUT2D eigenvalue weighted by Gasteiger charge is -2.25. The van der Waals surface area contributed by atoms with E-state index in [0.29, 0.717) is 5.92 Å². The molecule has 0 amide bonds. The highest BCUT2D eigenvalue weighted by atomic mass is 15.3. The molecule has 1 atom stereocenters. The fraction of sp³-hybridized carbons (Fsp3) is 0.478. The Kier molecular flexibility index (Phi) is 5.11. The van der Waals surface area contributed by atoms with Gasteiger partial charge in [-0.25, -0.2) is 24.9 Å². The SMILES string of the molecule is CCn1c(-c2cnc(C)nc2)nc2c(N[C@@H]3CCc4c(c(C(C)C)nn4C)C3)ncnc21. The van der Waals surface area contributed by atoms with Gasteiger partial charge in [0.25, 0.3) is 0 Å². The van der Waals surface area contributed by atoms with Crippen LogP contribution in [0.25, 0.3) is 22.6 Å². The predicted molar refractivity (Wildman–Crippen MR) is 123 cm³/mol. The van der Waals surface area contributed by atoms with Gasteiger partial charge in [0.05, 0.1) is 11.3 Å². The lowest BCUT2D eigenvalue weighted by atomic mass is 9.89. The first kappa shape index (κ1) is 20.5. The quantitative estimate of drug-likeness (QED) is 0.517. The van der Waals surface area contributed by atoms with Crippen LogP contribution in [0.4, 0.5) is 5.82 Å². The number of hydrogen-bond donors (Lipinski definition) is 1. The highest BCUT2D eigenvalue weighted by molar-refractivity contribution is 5.86. The van der Waals surface area contributed by atoms with Crippen molar-refractivity contribution in [1.29, 1.82) is 0 Å². The van der Waals surface area contributed by atoms with Crippen LogP contribution in [0.15, 0.2) is 18.7 Å². The Hall–Kier alpha value is -3.36. The largest absolute Gasteiger partial charge is 0.365 e. The fourth-order valence-electron chi connectivity index (χ4n) is 4.67. The minimum atomic E-state index is 0.278. The zero-order chi connectivity index (χ0) is 22.4. The van der Waals surface area contributed by atoms with Crippen LogP contribution >= 0.6 is 0 Å². The number of hydrogen-bond acceptors (Lipinski definition) is 7. The van der Waals surface area contributed by atoms with Crippen LogP contribution in [-0.2, 0) is 26.4 Å². The highest BCUT2D eigenvalue weighted by Crippen LogP contribution is 2.31. The van der Waals surface area contributed by atoms with Crippen LogP contribution < -0.4 is 5.32 Å². The molecule has 0 radical (unpaired) electrons. The molecule has 0 saturated carbocycles. The second-order valence-corrected chi connectivity index (χ2v) is 8.77. The van der Waals surface area contributed by atoms with Crippen LogP contribution in [-0.4, -0.2) is 45.3 Å². The van der Waals surface area contributed by atoms with Gasteiger partial charge in [-0.05, 0) is 44.6 Å². The monoisotopic (exact) mass is 431 g/mol. The van der Waals surface area contributed by atoms with Gasteiger partial charge in [-0.15, -0.1) is 0 Å². The van der Waals surface area contributed by atoms with Crippen molar-refractivity contribution in [3.63, 3.8) is 0 Å². The van der Waals surface area contributed by atoms with Crippen molar-refractivity contribution in [2.24, 2.45) is 7.05 Å². The van der Waals surface area contributed by atoms with E-state index in [0.717, 1.165) is 60.0 Å². The van der Waals surface area contributed by atoms with Gasteiger partial charge in [0.15, 0.2) is 17.0 Å². The van der Waals surface area contributed by atoms with E-state index in [-0.39, 0.29) is 6.04 Å². The van der Waals surface area contributed by atoms with Gasteiger partial charge >= 0.3 is 0 Å². The van der Waals surface area contributed by atoms with E-state index in [1.807, 2.05) is 19.3 Å². The normalized spacial score (nSPS) is 16.0. The van der Waals surface area contributed by atoms with Crippen molar-refractivity contribution in [2.75, 3.05) is 5.32 Å². The van der Waals surface area contributed by atoms with E-state index in [9.17, 15) is 0 Å². The van der Waals surface area contributed by atoms with E-state index in [4.69, 9.17) is 10.1 Å². The molecule has 1 N–H and O–H groups in total. The maximum Gasteiger partial charge on any atom is 0.165 e. The van der Waals surface area contributed by atoms with Gasteiger partial charge in [-0.2, -0.15) is 5.10 Å². The molecule has 5 rings (SSSR count). The number of aromatic nitrogens is 8. The molecule has 4 aromatic heterocycles. The Bertz CT molecular complexity index is 1270. The molecule has 1 aliphatic carbocycles. The molecule has 0 saturated heterocycles. The summed E-state index contributed by atoms with van der Waals surface area (Å²) in [5.41, 5.74) is 6.43. The van der Waals surface area contributed by atoms with Crippen LogP contribution in [0.3, 0.4) is 0 Å². The second-order valence-electron chi connectivity index (χ2n) is 8.77. The van der Waals surface area contributed by atoms with Crippen molar-refractivity contribution in [3.05, 3.63) is 41.5 Å². The van der Waals surface area contributed by atoms with E-state index >= 15 is 0 Å². The summed E-state index contributed by atoms with van der Waals surface area (Å²) in [5.74, 6) is 2.74. The third-order valence-corrected chi connectivity index (χ3v) is 6.26. The van der Waals surface area contributed by atoms with Crippen LogP contribution in [0.5, 0.6) is 0 Å². The third-order valence-electron chi connectivity index (χ3n) is 6.26. The van der Waals surface area contributed by atoms with Gasteiger partial charge in [0.2, 0.25) is 0 Å². The minimum absolute atomic E-state index is 0.278. The minimum Gasteiger partial charge on any atom is -0.365 e. The summed E-state index contributed by atoms with van der Waals surface area (Å²) in [6.07, 6.45) is 8.22. The van der Waals surface area contributed by atoms with E-state index < -0.39 is 0 Å². The smallest absolute Gasteiger partial charge is 0.165 e. The summed E-state index contributed by atoms with van der Waals surface area (Å²) < 4.78 is 4.15. The average molecular weight is 432 g/mol. The third kappa shape index (κ3) is 3.41. The molecule has 0 aliphatic heterocycles. The lowest BCUT2D eigenvalue weighted by Crippen LogP contribution is -2.28. The van der Waals surface area contributed by atoms with Crippen molar-refractivity contribution in [2.45, 2.75) is 65.5 Å². The van der Waals surface area contributed by atoms with Crippen molar-refractivity contribution >= 4 is 17.0 Å². The Morgan fingerprint density at radius 3 is 2.66 bits per heavy atom. The summed E-state index contributed by atoms with van der Waals surface area (Å²) in [6.45, 7) is 9.13. The molecule has 4 aromatic rings. The Morgan fingerprint density at radius 2 is 1.94 bits per heavy atom. The molecule has 0 spiro atoms. The number of imidazole rings is 1. The first-order valence-corrected chi connectivity index (χ1v) is 11.3. The van der Waals surface area contributed by atoms with Crippen LogP contribution in [0.2, 0.25) is 0 Å². The van der Waals surface area contributed by atoms with Crippen LogP contribution in [0, 0.1) is 6.92 Å². The molecule has 1 aliphatic rings. The average Bonchev–Trinajstić information content (AvgIpc) is 3.32. The number of nitrogens with zero attached hydrogens (tertiary/aromatic N) is 8. The molecule has 0 fully saturated rings. The van der Waals surface area contributed by atoms with E-state index in [1.165, 1.54) is 17.0 Å². The second kappa shape index (κ2) is 7.96. The molecular formula is C23H29N9. The fourth-order valence-corrected chi connectivity index (χ4v) is 4.67. The summed E-state index contributed by atoms with van der Waals surface area (Å²) in [6, 6.07) is 0.278. The topological polar surface area (TPSA) is 99.2 Å². The van der Waals surface area contributed by atoms with Crippen LogP contribution in [0.1, 0.15) is 55.9 Å². The number of aryl methyl sites for hydroxylation is 3. The standard InChI is InChI=1S/C23H29N9/c1-6-32-22(15-10-24-14(4)25-11-15)29-20-21(26-12-27-23(20)32)28-16-7-8-18-17(9-16)19(13(2)3)30-31(18)5/h10-13,16H,6-9H2,1-5H3,(H,26,27,28)/t16-/m1/s1. The Labute approximate surface area is 187 Å². The van der Waals surface area contributed by atoms with E-state index in [1.54, 1.807) is 6.33 Å². The number of fused-ring (bicyclic) bond motifs is 2. The van der Waals surface area contributed by atoms with Crippen molar-refractivity contribution in [3.8, 4) is 11.4 Å². The molecular weight excluding hydrogens is 402 g/mol. The summed E-state index contributed by atoms with van der Waals surface area (Å²) in [7, 11) is 2.06. The molecule has 32 heavy (non-hydrogen) atoms. The van der Waals surface area contributed by atoms with Crippen molar-refractivity contribution in [1.82, 2.24) is 39.3 Å². The number of anilines is 1. The first-order valence-electron chi connectivity index (χ1n) is 11.3. The maximum atomic E-state index is 4.92. The molecule has 9 nitrogen and oxygen atoms in total. The van der Waals surface area contributed by atoms with Gasteiger partial charge < -0.3 is 9.88 Å². The Balaban J connectivity index is 1.50. The number of rotatable bonds is 5. The van der Waals surface area contributed by atoms with Gasteiger partial charge in [0, 0.05) is 37.7 Å². The lowest BCUT2D eigenvalue weighted by molar-refractivity contribution is 0.577. The van der Waals surface area contributed by atoms with Crippen molar-refractivity contribution < 1.29 is 0 Å². The maximum absolute atomic E-state index is 4.92. The Morgan fingerprint density at radius 1 is 1.16 bits per heavy atom. The zero-order valence-electron chi connectivity index (χ0n) is 19.3. The molecule has 0 aromatic carbocycles. The highest BCUT2D eigenvalue weighted by Gasteiger charge is 2.27. The molecule has 4 heterocycles. The molecule has 0 unspecified atom stereocenters. The molecule has 0 bridgehead atoms. The number of nitrogens with one attached hydrogen (secondary N) is 1. The summed E-state index contributed by atoms with van der Waals surface area (Å²) >= 11 is 0. The molecule has 9 heteroatoms. The zero-order valence-corrected chi connectivity index (χ0v) is 19.3. The predicted octanol–water partition coefficient (Wildman–Crippen LogP) is 3.44. The van der Waals surface area contributed by atoms with Gasteiger partial charge in [-0.1, -0.05) is 13.8 Å². The first-order chi connectivity index (χ1) is 15.5. The van der Waals surface area contributed by atoms with E-state index in [2.05, 4.69) is 62.3 Å². The van der Waals surface area contributed by atoms with Gasteiger partial charge in [-0.3, -0.25) is 4.68 Å².